The molecule has 0 aliphatic carbocycles. The fourth-order valence-corrected chi connectivity index (χ4v) is 1.57. The van der Waals surface area contributed by atoms with Gasteiger partial charge in [-0.1, -0.05) is 0 Å². The molecule has 0 bridgehead atoms. The number of rotatable bonds is 7. The van der Waals surface area contributed by atoms with Crippen LogP contribution in [0.15, 0.2) is 22.8 Å². The molecular weight excluding hydrogens is 248 g/mol. The average Bonchev–Trinajstić information content (AvgIpc) is 2.81. The summed E-state index contributed by atoms with van der Waals surface area (Å²) < 4.78 is 4.92. The van der Waals surface area contributed by atoms with E-state index in [-0.39, 0.29) is 37.1 Å². The van der Waals surface area contributed by atoms with Crippen molar-refractivity contribution >= 4 is 11.8 Å². The van der Waals surface area contributed by atoms with Gasteiger partial charge < -0.3 is 20.2 Å². The molecule has 0 fully saturated rings. The summed E-state index contributed by atoms with van der Waals surface area (Å²) in [5, 5.41) is 14.2. The molecule has 1 aromatic heterocycles. The lowest BCUT2D eigenvalue weighted by atomic mass is 10.0. The summed E-state index contributed by atoms with van der Waals surface area (Å²) >= 11 is 0. The Labute approximate surface area is 112 Å². The molecule has 1 aromatic rings. The number of nitrogens with one attached hydrogen (secondary N) is 2. The van der Waals surface area contributed by atoms with E-state index in [1.165, 1.54) is 6.26 Å². The largest absolute Gasteiger partial charge is 0.459 e. The summed E-state index contributed by atoms with van der Waals surface area (Å²) in [5.74, 6) is -0.286. The van der Waals surface area contributed by atoms with Gasteiger partial charge in [0.25, 0.3) is 5.91 Å². The summed E-state index contributed by atoms with van der Waals surface area (Å²) in [7, 11) is 0. The van der Waals surface area contributed by atoms with Crippen molar-refractivity contribution in [3.8, 4) is 0 Å². The summed E-state index contributed by atoms with van der Waals surface area (Å²) in [6, 6.07) is 3.18. The van der Waals surface area contributed by atoms with Gasteiger partial charge in [-0.25, -0.2) is 0 Å². The number of carbonyl (C=O) groups is 2. The van der Waals surface area contributed by atoms with Gasteiger partial charge >= 0.3 is 0 Å². The first-order valence-corrected chi connectivity index (χ1v) is 6.18. The second-order valence-corrected chi connectivity index (χ2v) is 4.89. The molecule has 1 heterocycles. The van der Waals surface area contributed by atoms with Crippen LogP contribution in [0, 0.1) is 0 Å². The molecule has 0 aliphatic heterocycles. The van der Waals surface area contributed by atoms with Crippen LogP contribution in [0.4, 0.5) is 0 Å². The molecule has 6 heteroatoms. The van der Waals surface area contributed by atoms with Crippen LogP contribution in [0.25, 0.3) is 0 Å². The van der Waals surface area contributed by atoms with Crippen LogP contribution in [-0.2, 0) is 4.79 Å². The number of amides is 2. The molecule has 0 atom stereocenters. The normalized spacial score (nSPS) is 11.1. The fraction of sp³-hybridized carbons (Fsp3) is 0.538. The molecule has 0 unspecified atom stereocenters. The van der Waals surface area contributed by atoms with Crippen molar-refractivity contribution < 1.29 is 19.1 Å². The zero-order valence-corrected chi connectivity index (χ0v) is 11.2. The molecule has 0 aromatic carbocycles. The third-order valence-electron chi connectivity index (χ3n) is 2.60. The molecular formula is C13H20N2O4. The maximum absolute atomic E-state index is 11.6. The summed E-state index contributed by atoms with van der Waals surface area (Å²) in [4.78, 5) is 23.1. The van der Waals surface area contributed by atoms with Crippen molar-refractivity contribution in [3.63, 3.8) is 0 Å². The van der Waals surface area contributed by atoms with Crippen molar-refractivity contribution in [2.45, 2.75) is 32.2 Å². The van der Waals surface area contributed by atoms with E-state index in [0.29, 0.717) is 6.42 Å². The van der Waals surface area contributed by atoms with Gasteiger partial charge in [-0.05, 0) is 32.4 Å². The average molecular weight is 268 g/mol. The standard InChI is InChI=1S/C13H20N2O4/c1-13(2,6-8-16)15-11(17)5-7-14-12(18)10-4-3-9-19-10/h3-4,9,16H,5-8H2,1-2H3,(H,14,18)(H,15,17). The van der Waals surface area contributed by atoms with Gasteiger partial charge in [0, 0.05) is 25.1 Å². The van der Waals surface area contributed by atoms with E-state index < -0.39 is 5.54 Å². The van der Waals surface area contributed by atoms with Gasteiger partial charge in [0.2, 0.25) is 5.91 Å². The zero-order chi connectivity index (χ0) is 14.3. The number of aliphatic hydroxyl groups excluding tert-OH is 1. The van der Waals surface area contributed by atoms with E-state index in [9.17, 15) is 9.59 Å². The molecule has 19 heavy (non-hydrogen) atoms. The minimum absolute atomic E-state index is 0.0164. The first-order valence-electron chi connectivity index (χ1n) is 6.18. The molecule has 0 aliphatic rings. The lowest BCUT2D eigenvalue weighted by Crippen LogP contribution is -2.45. The summed E-state index contributed by atoms with van der Waals surface area (Å²) in [6.45, 7) is 3.92. The van der Waals surface area contributed by atoms with Gasteiger partial charge in [0.05, 0.1) is 6.26 Å². The third-order valence-corrected chi connectivity index (χ3v) is 2.60. The molecule has 1 rings (SSSR count). The van der Waals surface area contributed by atoms with Gasteiger partial charge in [-0.15, -0.1) is 0 Å². The second-order valence-electron chi connectivity index (χ2n) is 4.89. The van der Waals surface area contributed by atoms with Crippen molar-refractivity contribution in [1.29, 1.82) is 0 Å². The van der Waals surface area contributed by atoms with Gasteiger partial charge in [0.15, 0.2) is 5.76 Å². The minimum Gasteiger partial charge on any atom is -0.459 e. The SMILES string of the molecule is CC(C)(CCO)NC(=O)CCNC(=O)c1ccco1. The third kappa shape index (κ3) is 5.56. The predicted molar refractivity (Wildman–Crippen MR) is 69.6 cm³/mol. The van der Waals surface area contributed by atoms with E-state index in [1.807, 2.05) is 13.8 Å². The van der Waals surface area contributed by atoms with Crippen LogP contribution in [0.5, 0.6) is 0 Å². The molecule has 0 radical (unpaired) electrons. The van der Waals surface area contributed by atoms with Gasteiger partial charge in [-0.2, -0.15) is 0 Å². The Kier molecular flexibility index (Phi) is 5.57. The highest BCUT2D eigenvalue weighted by molar-refractivity contribution is 5.91. The Morgan fingerprint density at radius 1 is 1.42 bits per heavy atom. The zero-order valence-electron chi connectivity index (χ0n) is 11.2. The van der Waals surface area contributed by atoms with E-state index >= 15 is 0 Å². The summed E-state index contributed by atoms with van der Waals surface area (Å²) in [5.41, 5.74) is -0.448. The second kappa shape index (κ2) is 6.94. The monoisotopic (exact) mass is 268 g/mol. The smallest absolute Gasteiger partial charge is 0.286 e. The van der Waals surface area contributed by atoms with Crippen LogP contribution in [0.3, 0.4) is 0 Å². The van der Waals surface area contributed by atoms with Crippen molar-refractivity contribution in [1.82, 2.24) is 10.6 Å². The molecule has 3 N–H and O–H groups in total. The van der Waals surface area contributed by atoms with Crippen LogP contribution in [0.1, 0.15) is 37.2 Å². The van der Waals surface area contributed by atoms with E-state index in [4.69, 9.17) is 9.52 Å². The van der Waals surface area contributed by atoms with E-state index in [0.717, 1.165) is 0 Å². The number of carbonyl (C=O) groups excluding carboxylic acids is 2. The highest BCUT2D eigenvalue weighted by atomic mass is 16.3. The van der Waals surface area contributed by atoms with E-state index in [2.05, 4.69) is 10.6 Å². The lowest BCUT2D eigenvalue weighted by Gasteiger charge is -2.25. The fourth-order valence-electron chi connectivity index (χ4n) is 1.57. The topological polar surface area (TPSA) is 91.6 Å². The summed E-state index contributed by atoms with van der Waals surface area (Å²) in [6.07, 6.45) is 2.08. The maximum Gasteiger partial charge on any atom is 0.286 e. The highest BCUT2D eigenvalue weighted by Gasteiger charge is 2.19. The molecule has 2 amide bonds. The molecule has 6 nitrogen and oxygen atoms in total. The molecule has 0 saturated heterocycles. The van der Waals surface area contributed by atoms with Crippen molar-refractivity contribution in [2.75, 3.05) is 13.2 Å². The highest BCUT2D eigenvalue weighted by Crippen LogP contribution is 2.07. The Hall–Kier alpha value is -1.82. The van der Waals surface area contributed by atoms with Crippen LogP contribution < -0.4 is 10.6 Å². The molecule has 106 valence electrons. The van der Waals surface area contributed by atoms with Crippen molar-refractivity contribution in [2.24, 2.45) is 0 Å². The first-order chi connectivity index (χ1) is 8.94. The Morgan fingerprint density at radius 2 is 2.16 bits per heavy atom. The number of hydrogen-bond donors (Lipinski definition) is 3. The van der Waals surface area contributed by atoms with Crippen LogP contribution in [0.2, 0.25) is 0 Å². The van der Waals surface area contributed by atoms with Crippen LogP contribution >= 0.6 is 0 Å². The van der Waals surface area contributed by atoms with Gasteiger partial charge in [-0.3, -0.25) is 9.59 Å². The Morgan fingerprint density at radius 3 is 2.74 bits per heavy atom. The number of aliphatic hydroxyl groups is 1. The minimum atomic E-state index is -0.448. The molecule has 0 saturated carbocycles. The predicted octanol–water partition coefficient (Wildman–Crippen LogP) is 0.677. The Balaban J connectivity index is 2.26. The molecule has 0 spiro atoms. The first kappa shape index (κ1) is 15.2. The van der Waals surface area contributed by atoms with Crippen molar-refractivity contribution in [3.05, 3.63) is 24.2 Å². The Bertz CT molecular complexity index is 412. The van der Waals surface area contributed by atoms with E-state index in [1.54, 1.807) is 12.1 Å². The quantitative estimate of drug-likeness (QED) is 0.678. The number of furan rings is 1. The van der Waals surface area contributed by atoms with Crippen LogP contribution in [-0.4, -0.2) is 35.6 Å². The maximum atomic E-state index is 11.6. The number of hydrogen-bond acceptors (Lipinski definition) is 4. The lowest BCUT2D eigenvalue weighted by molar-refractivity contribution is -0.122. The van der Waals surface area contributed by atoms with Gasteiger partial charge in [0.1, 0.15) is 0 Å².